The molecule has 0 unspecified atom stereocenters. The van der Waals surface area contributed by atoms with Crippen molar-refractivity contribution in [2.24, 2.45) is 19.8 Å². The summed E-state index contributed by atoms with van der Waals surface area (Å²) in [5, 5.41) is 20.1. The van der Waals surface area contributed by atoms with E-state index in [9.17, 15) is 24.3 Å². The first-order valence-corrected chi connectivity index (χ1v) is 27.6. The van der Waals surface area contributed by atoms with Gasteiger partial charge in [-0.25, -0.2) is 9.97 Å². The molecule has 0 aliphatic rings. The number of carbonyl (C=O) groups excluding carboxylic acids is 4. The number of phenolic OH excluding ortho intramolecular Hbond substituents is 2. The number of aryl methyl sites for hydroxylation is 2. The van der Waals surface area contributed by atoms with E-state index >= 15 is 0 Å². The molecule has 82 heavy (non-hydrogen) atoms. The number of ether oxygens (including phenoxy) is 2. The van der Waals surface area contributed by atoms with Crippen LogP contribution in [0.3, 0.4) is 0 Å². The molecule has 0 saturated carbocycles. The van der Waals surface area contributed by atoms with Crippen molar-refractivity contribution in [2.45, 2.75) is 105 Å². The molecule has 0 aliphatic carbocycles. The minimum Gasteiger partial charge on any atom is -0.508 e. The number of aromatic hydroxyl groups is 2. The molecule has 16 heteroatoms. The van der Waals surface area contributed by atoms with E-state index in [4.69, 9.17) is 48.5 Å². The topological polar surface area (TPSA) is 192 Å². The summed E-state index contributed by atoms with van der Waals surface area (Å²) in [4.78, 5) is 56.9. The third-order valence-corrected chi connectivity index (χ3v) is 12.9. The summed E-state index contributed by atoms with van der Waals surface area (Å²) in [5.41, 5.74) is 13.0. The molecule has 0 atom stereocenters. The second kappa shape index (κ2) is 29.7. The molecule has 0 aliphatic heterocycles. The molecule has 0 spiro atoms. The third-order valence-electron chi connectivity index (χ3n) is 12.3. The van der Waals surface area contributed by atoms with Crippen LogP contribution < -0.4 is 15.2 Å². The van der Waals surface area contributed by atoms with Crippen LogP contribution >= 0.6 is 23.2 Å². The number of nitrogens with two attached hydrogens (primary N) is 1. The number of para-hydroxylation sites is 2. The molecule has 0 amide bonds. The van der Waals surface area contributed by atoms with Crippen molar-refractivity contribution in [3.05, 3.63) is 201 Å². The van der Waals surface area contributed by atoms with Crippen LogP contribution in [-0.2, 0) is 38.0 Å². The number of ketones is 2. The predicted octanol–water partition coefficient (Wildman–Crippen LogP) is 14.1. The fraction of sp³-hybridized carbons (Fsp3) is 0.303. The SMILES string of the molecule is CC(C)Oc1ccc(C(=O)CN(Cc2ccc(-c3cn(C)c(C(C)(C)C)n3)cc2)Cc2ccccc2O)cc1Cl.CC(C)Oc1ccc(C(=O)CN)cc1Cl.Cn1cc(-c2ccc(C=O)cc2)nc1C(C)(C)C.O=Cc1ccccc1O. The van der Waals surface area contributed by atoms with Gasteiger partial charge in [-0.2, -0.15) is 0 Å². The van der Waals surface area contributed by atoms with Gasteiger partial charge < -0.3 is 34.6 Å². The highest BCUT2D eigenvalue weighted by Crippen LogP contribution is 2.31. The largest absolute Gasteiger partial charge is 0.508 e. The van der Waals surface area contributed by atoms with Crippen LogP contribution in [0, 0.1) is 0 Å². The lowest BCUT2D eigenvalue weighted by Gasteiger charge is -2.23. The van der Waals surface area contributed by atoms with E-state index < -0.39 is 0 Å². The van der Waals surface area contributed by atoms with Gasteiger partial charge in [-0.3, -0.25) is 24.1 Å². The van der Waals surface area contributed by atoms with E-state index in [0.717, 1.165) is 51.6 Å². The predicted molar refractivity (Wildman–Crippen MR) is 328 cm³/mol. The summed E-state index contributed by atoms with van der Waals surface area (Å²) in [6.45, 7) is 21.7. The molecule has 432 valence electrons. The number of halogens is 2. The lowest BCUT2D eigenvalue weighted by molar-refractivity contribution is 0.0918. The smallest absolute Gasteiger partial charge is 0.176 e. The van der Waals surface area contributed by atoms with Crippen LogP contribution in [0.4, 0.5) is 0 Å². The first kappa shape index (κ1) is 64.9. The molecule has 6 aromatic carbocycles. The van der Waals surface area contributed by atoms with Gasteiger partial charge in [0.25, 0.3) is 0 Å². The van der Waals surface area contributed by atoms with Crippen molar-refractivity contribution in [3.63, 3.8) is 0 Å². The monoisotopic (exact) mass is 1150 g/mol. The molecule has 0 saturated heterocycles. The van der Waals surface area contributed by atoms with E-state index in [1.54, 1.807) is 66.7 Å². The van der Waals surface area contributed by atoms with Crippen molar-refractivity contribution in [2.75, 3.05) is 13.1 Å². The van der Waals surface area contributed by atoms with E-state index in [-0.39, 0.29) is 59.2 Å². The van der Waals surface area contributed by atoms with Crippen molar-refractivity contribution < 1.29 is 38.9 Å². The maximum Gasteiger partial charge on any atom is 0.176 e. The first-order chi connectivity index (χ1) is 38.7. The minimum atomic E-state index is -0.131. The molecule has 0 bridgehead atoms. The summed E-state index contributed by atoms with van der Waals surface area (Å²) in [6.07, 6.45) is 5.59. The van der Waals surface area contributed by atoms with Gasteiger partial charge >= 0.3 is 0 Å². The Hall–Kier alpha value is -7.88. The Morgan fingerprint density at radius 3 is 1.45 bits per heavy atom. The zero-order valence-electron chi connectivity index (χ0n) is 48.9. The molecule has 2 aromatic heterocycles. The van der Waals surface area contributed by atoms with Crippen LogP contribution in [0.5, 0.6) is 23.0 Å². The van der Waals surface area contributed by atoms with E-state index in [1.807, 2.05) is 89.3 Å². The first-order valence-electron chi connectivity index (χ1n) is 26.8. The molecular weight excluding hydrogens is 1080 g/mol. The molecule has 4 N–H and O–H groups in total. The van der Waals surface area contributed by atoms with Crippen molar-refractivity contribution in [1.82, 2.24) is 24.0 Å². The Morgan fingerprint density at radius 1 is 0.610 bits per heavy atom. The van der Waals surface area contributed by atoms with Crippen molar-refractivity contribution in [3.8, 4) is 45.5 Å². The molecule has 8 aromatic rings. The summed E-state index contributed by atoms with van der Waals surface area (Å²) >= 11 is 12.4. The number of hydrogen-bond acceptors (Lipinski definition) is 12. The maximum absolute atomic E-state index is 13.3. The molecule has 0 fully saturated rings. The van der Waals surface area contributed by atoms with Crippen LogP contribution in [0.25, 0.3) is 22.5 Å². The lowest BCUT2D eigenvalue weighted by atomic mass is 9.96. The number of hydrogen-bond donors (Lipinski definition) is 3. The van der Waals surface area contributed by atoms with Gasteiger partial charge in [-0.05, 0) is 87.9 Å². The molecule has 2 heterocycles. The fourth-order valence-electron chi connectivity index (χ4n) is 8.48. The van der Waals surface area contributed by atoms with E-state index in [1.165, 1.54) is 6.07 Å². The maximum atomic E-state index is 13.3. The van der Waals surface area contributed by atoms with Crippen LogP contribution in [-0.4, -0.2) is 83.7 Å². The van der Waals surface area contributed by atoms with Crippen molar-refractivity contribution in [1.29, 1.82) is 0 Å². The third kappa shape index (κ3) is 19.1. The Morgan fingerprint density at radius 2 is 1.06 bits per heavy atom. The number of imidazole rings is 2. The normalized spacial score (nSPS) is 11.2. The summed E-state index contributed by atoms with van der Waals surface area (Å²) in [6, 6.07) is 39.4. The number of aromatic nitrogens is 4. The zero-order valence-corrected chi connectivity index (χ0v) is 50.4. The van der Waals surface area contributed by atoms with Gasteiger partial charge in [-0.1, -0.05) is 144 Å². The van der Waals surface area contributed by atoms with Gasteiger partial charge in [0.15, 0.2) is 17.9 Å². The Labute approximate surface area is 492 Å². The van der Waals surface area contributed by atoms with Gasteiger partial charge in [0.1, 0.15) is 40.9 Å². The highest BCUT2D eigenvalue weighted by molar-refractivity contribution is 6.32. The number of benzene rings is 6. The average Bonchev–Trinajstić information content (AvgIpc) is 4.20. The van der Waals surface area contributed by atoms with Crippen LogP contribution in [0.15, 0.2) is 146 Å². The highest BCUT2D eigenvalue weighted by atomic mass is 35.5. The second-order valence-corrected chi connectivity index (χ2v) is 23.0. The Bertz CT molecular complexity index is 3410. The Kier molecular flexibility index (Phi) is 23.5. The quantitative estimate of drug-likeness (QED) is 0.0578. The summed E-state index contributed by atoms with van der Waals surface area (Å²) < 4.78 is 15.3. The Balaban J connectivity index is 0.000000239. The number of Topliss-reactive ketones (excluding diaryl/α,β-unsaturated/α-hetero) is 2. The molecule has 14 nitrogen and oxygen atoms in total. The lowest BCUT2D eigenvalue weighted by Crippen LogP contribution is -2.29. The highest BCUT2D eigenvalue weighted by Gasteiger charge is 2.23. The number of phenols is 2. The molecular formula is C66H76Cl2N6O8. The van der Waals surface area contributed by atoms with Crippen LogP contribution in [0.1, 0.15) is 133 Å². The number of carbonyl (C=O) groups is 4. The van der Waals surface area contributed by atoms with Gasteiger partial charge in [0.05, 0.1) is 52.3 Å². The second-order valence-electron chi connectivity index (χ2n) is 22.2. The van der Waals surface area contributed by atoms with Gasteiger partial charge in [-0.15, -0.1) is 0 Å². The number of rotatable bonds is 17. The standard InChI is InChI=1S/C33H38ClN3O3.C15H18N2O.C11H14ClNO2.C7H6O2/c1-22(2)40-31-16-15-25(17-27(31)34)30(39)21-37(19-26-9-7-8-10-29(26)38)18-23-11-13-24(14-12-23)28-20-36(6)32(35-28)33(3,4)5;1-15(2,3)14-16-13(9-17(14)4)12-7-5-11(10-18)6-8-12;1-7(2)15-11-4-3-8(5-9(11)12)10(14)6-13;8-5-6-3-1-2-4-7(6)9/h7-17,20,22,38H,18-19,21H2,1-6H3;5-10H,1-4H3;3-5,7H,6,13H2,1-2H3;1-5,9H. The fourth-order valence-corrected chi connectivity index (χ4v) is 8.93. The van der Waals surface area contributed by atoms with E-state index in [2.05, 4.69) is 86.1 Å². The molecule has 8 rings (SSSR count). The number of aldehydes is 2. The minimum absolute atomic E-state index is 0.0132. The number of nitrogens with zero attached hydrogens (tertiary/aromatic N) is 5. The van der Waals surface area contributed by atoms with Gasteiger partial charge in [0, 0.05) is 83.8 Å². The van der Waals surface area contributed by atoms with E-state index in [0.29, 0.717) is 63.2 Å². The van der Waals surface area contributed by atoms with Crippen LogP contribution in [0.2, 0.25) is 10.0 Å². The van der Waals surface area contributed by atoms with Crippen molar-refractivity contribution >= 4 is 47.3 Å². The van der Waals surface area contributed by atoms with Gasteiger partial charge in [0.2, 0.25) is 0 Å². The zero-order chi connectivity index (χ0) is 60.5. The summed E-state index contributed by atoms with van der Waals surface area (Å²) in [5.74, 6) is 3.27. The average molecular weight is 1150 g/mol. The molecule has 0 radical (unpaired) electrons. The summed E-state index contributed by atoms with van der Waals surface area (Å²) in [7, 11) is 4.04.